The number of nitrogens with one attached hydrogen (secondary N) is 2. The molecule has 0 aliphatic carbocycles. The van der Waals surface area contributed by atoms with E-state index >= 15 is 0 Å². The second-order valence-corrected chi connectivity index (χ2v) is 11.2. The molecule has 12 heteroatoms. The molecule has 0 fully saturated rings. The van der Waals surface area contributed by atoms with Crippen molar-refractivity contribution >= 4 is 50.1 Å². The molecule has 0 aliphatic heterocycles. The van der Waals surface area contributed by atoms with Crippen LogP contribution in [0.3, 0.4) is 0 Å². The van der Waals surface area contributed by atoms with Gasteiger partial charge < -0.3 is 9.84 Å². The van der Waals surface area contributed by atoms with Crippen LogP contribution in [0, 0.1) is 6.92 Å². The molecule has 0 saturated heterocycles. The van der Waals surface area contributed by atoms with Gasteiger partial charge in [0.15, 0.2) is 11.0 Å². The lowest BCUT2D eigenvalue weighted by atomic mass is 10.2. The molecule has 0 atom stereocenters. The number of fused-ring (bicyclic) bond motifs is 1. The van der Waals surface area contributed by atoms with Crippen molar-refractivity contribution in [3.63, 3.8) is 0 Å². The van der Waals surface area contributed by atoms with Crippen LogP contribution < -0.4 is 15.6 Å². The zero-order valence-corrected chi connectivity index (χ0v) is 22.3. The fraction of sp³-hybridized carbons (Fsp3) is 0.111. The number of rotatable bonds is 9. The number of aryl methyl sites for hydroxylation is 1. The molecule has 2 aromatic heterocycles. The highest BCUT2D eigenvalue weighted by Crippen LogP contribution is 2.23. The zero-order chi connectivity index (χ0) is 27.4. The Bertz CT molecular complexity index is 1800. The molecule has 10 nitrogen and oxygen atoms in total. The first kappa shape index (κ1) is 26.2. The molecule has 3 aromatic carbocycles. The first-order valence-corrected chi connectivity index (χ1v) is 14.3. The van der Waals surface area contributed by atoms with Gasteiger partial charge in [0.05, 0.1) is 21.5 Å². The Labute approximate surface area is 228 Å². The highest BCUT2D eigenvalue weighted by molar-refractivity contribution is 7.99. The number of nitrogens with zero attached hydrogens (tertiary/aromatic N) is 3. The van der Waals surface area contributed by atoms with Crippen molar-refractivity contribution < 1.29 is 17.7 Å². The summed E-state index contributed by atoms with van der Waals surface area (Å²) in [6.07, 6.45) is 0.148. The maximum atomic E-state index is 13.3. The van der Waals surface area contributed by atoms with Gasteiger partial charge in [-0.1, -0.05) is 47.3 Å². The summed E-state index contributed by atoms with van der Waals surface area (Å²) in [4.78, 5) is 30.6. The van der Waals surface area contributed by atoms with E-state index in [2.05, 4.69) is 20.2 Å². The lowest BCUT2D eigenvalue weighted by Crippen LogP contribution is -2.22. The van der Waals surface area contributed by atoms with Crippen molar-refractivity contribution in [2.75, 3.05) is 15.8 Å². The number of anilines is 2. The molecular weight excluding hydrogens is 538 g/mol. The number of para-hydroxylation sites is 2. The summed E-state index contributed by atoms with van der Waals surface area (Å²) in [6, 6.07) is 23.6. The molecule has 5 rings (SSSR count). The van der Waals surface area contributed by atoms with Gasteiger partial charge in [-0.05, 0) is 55.5 Å². The van der Waals surface area contributed by atoms with Crippen molar-refractivity contribution in [3.8, 4) is 5.69 Å². The first-order chi connectivity index (χ1) is 18.8. The van der Waals surface area contributed by atoms with Gasteiger partial charge in [-0.2, -0.15) is 0 Å². The topological polar surface area (TPSA) is 136 Å². The summed E-state index contributed by atoms with van der Waals surface area (Å²) in [5, 5.41) is 7.39. The Morgan fingerprint density at radius 1 is 1.00 bits per heavy atom. The molecule has 5 aromatic rings. The van der Waals surface area contributed by atoms with Crippen molar-refractivity contribution in [2.24, 2.45) is 0 Å². The average Bonchev–Trinajstić information content (AvgIpc) is 3.33. The maximum Gasteiger partial charge on any atom is 0.266 e. The van der Waals surface area contributed by atoms with Crippen molar-refractivity contribution in [1.82, 2.24) is 14.7 Å². The van der Waals surface area contributed by atoms with Crippen LogP contribution in [0.15, 0.2) is 104 Å². The van der Waals surface area contributed by atoms with Crippen molar-refractivity contribution in [2.45, 2.75) is 23.4 Å². The molecule has 0 saturated carbocycles. The third kappa shape index (κ3) is 6.02. The van der Waals surface area contributed by atoms with Gasteiger partial charge in [-0.25, -0.2) is 13.4 Å². The second-order valence-electron chi connectivity index (χ2n) is 8.49. The maximum absolute atomic E-state index is 13.3. The van der Waals surface area contributed by atoms with E-state index < -0.39 is 10.0 Å². The third-order valence-electron chi connectivity index (χ3n) is 5.63. The van der Waals surface area contributed by atoms with E-state index in [0.717, 1.165) is 0 Å². The predicted octanol–water partition coefficient (Wildman–Crippen LogP) is 4.60. The normalized spacial score (nSPS) is 11.4. The van der Waals surface area contributed by atoms with Crippen LogP contribution in [0.25, 0.3) is 16.6 Å². The number of benzene rings is 3. The van der Waals surface area contributed by atoms with Crippen LogP contribution in [-0.2, 0) is 14.8 Å². The van der Waals surface area contributed by atoms with E-state index in [1.165, 1.54) is 42.1 Å². The fourth-order valence-electron chi connectivity index (χ4n) is 3.80. The summed E-state index contributed by atoms with van der Waals surface area (Å²) in [7, 11) is -3.86. The molecule has 2 heterocycles. The molecular formula is C27H23N5O5S2. The predicted molar refractivity (Wildman–Crippen MR) is 150 cm³/mol. The molecule has 0 bridgehead atoms. The van der Waals surface area contributed by atoms with Crippen LogP contribution >= 0.6 is 11.8 Å². The van der Waals surface area contributed by atoms with Crippen molar-refractivity contribution in [1.29, 1.82) is 0 Å². The number of amides is 1. The van der Waals surface area contributed by atoms with Gasteiger partial charge >= 0.3 is 0 Å². The van der Waals surface area contributed by atoms with E-state index in [4.69, 9.17) is 4.52 Å². The van der Waals surface area contributed by atoms with Crippen LogP contribution in [0.5, 0.6) is 0 Å². The standard InChI is InChI=1S/C27H23N5O5S2/c1-18-17-24(30-37-18)31-39(35,36)21-13-11-19(12-14-21)28-25(33)15-16-38-27-29-23-10-6-5-9-22(23)26(34)32(27)20-7-3-2-4-8-20/h2-14,17H,15-16H2,1H3,(H,28,33)(H,30,31). The minimum absolute atomic E-state index is 0.0120. The molecule has 0 unspecified atom stereocenters. The van der Waals surface area contributed by atoms with Gasteiger partial charge in [0.25, 0.3) is 15.6 Å². The SMILES string of the molecule is Cc1cc(NS(=O)(=O)c2ccc(NC(=O)CCSc3nc4ccccc4c(=O)n3-c3ccccc3)cc2)no1. The summed E-state index contributed by atoms with van der Waals surface area (Å²) < 4.78 is 33.9. The molecule has 0 aliphatic rings. The smallest absolute Gasteiger partial charge is 0.266 e. The molecule has 0 spiro atoms. The van der Waals surface area contributed by atoms with Crippen LogP contribution in [0.1, 0.15) is 12.2 Å². The van der Waals surface area contributed by atoms with E-state index in [1.54, 1.807) is 29.7 Å². The number of aromatic nitrogens is 3. The number of sulfonamides is 1. The molecule has 2 N–H and O–H groups in total. The molecule has 198 valence electrons. The minimum Gasteiger partial charge on any atom is -0.360 e. The van der Waals surface area contributed by atoms with Gasteiger partial charge in [0, 0.05) is 23.9 Å². The monoisotopic (exact) mass is 561 g/mol. The highest BCUT2D eigenvalue weighted by atomic mass is 32.2. The number of carbonyl (C=O) groups excluding carboxylic acids is 1. The minimum atomic E-state index is -3.86. The number of carbonyl (C=O) groups is 1. The van der Waals surface area contributed by atoms with Crippen LogP contribution in [0.4, 0.5) is 11.5 Å². The molecule has 39 heavy (non-hydrogen) atoms. The van der Waals surface area contributed by atoms with Gasteiger partial charge in [0.2, 0.25) is 5.91 Å². The van der Waals surface area contributed by atoms with Gasteiger partial charge in [-0.3, -0.25) is 18.9 Å². The van der Waals surface area contributed by atoms with Gasteiger partial charge in [0.1, 0.15) is 5.76 Å². The van der Waals surface area contributed by atoms with Crippen molar-refractivity contribution in [3.05, 3.63) is 101 Å². The average molecular weight is 562 g/mol. The van der Waals surface area contributed by atoms with E-state index in [9.17, 15) is 18.0 Å². The Hall–Kier alpha value is -4.42. The Morgan fingerprint density at radius 3 is 2.44 bits per heavy atom. The third-order valence-corrected chi connectivity index (χ3v) is 7.95. The Morgan fingerprint density at radius 2 is 1.72 bits per heavy atom. The molecule has 0 radical (unpaired) electrons. The van der Waals surface area contributed by atoms with E-state index in [1.807, 2.05) is 36.4 Å². The van der Waals surface area contributed by atoms with Crippen LogP contribution in [0.2, 0.25) is 0 Å². The molecule has 1 amide bonds. The second kappa shape index (κ2) is 11.1. The first-order valence-electron chi connectivity index (χ1n) is 11.9. The van der Waals surface area contributed by atoms with Crippen LogP contribution in [-0.4, -0.2) is 34.8 Å². The largest absolute Gasteiger partial charge is 0.360 e. The van der Waals surface area contributed by atoms with E-state index in [-0.39, 0.29) is 28.6 Å². The van der Waals surface area contributed by atoms with E-state index in [0.29, 0.717) is 38.9 Å². The highest BCUT2D eigenvalue weighted by Gasteiger charge is 2.17. The fourth-order valence-corrected chi connectivity index (χ4v) is 5.74. The van der Waals surface area contributed by atoms with Gasteiger partial charge in [-0.15, -0.1) is 0 Å². The Balaban J connectivity index is 1.24. The zero-order valence-electron chi connectivity index (χ0n) is 20.7. The number of hydrogen-bond donors (Lipinski definition) is 2. The number of thioether (sulfide) groups is 1. The number of hydrogen-bond acceptors (Lipinski definition) is 8. The summed E-state index contributed by atoms with van der Waals surface area (Å²) in [6.45, 7) is 1.65. The quantitative estimate of drug-likeness (QED) is 0.197. The Kier molecular flexibility index (Phi) is 7.48. The summed E-state index contributed by atoms with van der Waals surface area (Å²) in [5.74, 6) is 0.671. The summed E-state index contributed by atoms with van der Waals surface area (Å²) >= 11 is 1.31. The lowest BCUT2D eigenvalue weighted by Gasteiger charge is -2.13. The summed E-state index contributed by atoms with van der Waals surface area (Å²) in [5.41, 5.74) is 1.55. The lowest BCUT2D eigenvalue weighted by molar-refractivity contribution is -0.115.